The van der Waals surface area contributed by atoms with Gasteiger partial charge in [-0.15, -0.1) is 0 Å². The van der Waals surface area contributed by atoms with Crippen molar-refractivity contribution in [2.45, 2.75) is 26.3 Å². The predicted octanol–water partition coefficient (Wildman–Crippen LogP) is 2.91. The molecule has 0 aromatic heterocycles. The minimum atomic E-state index is -1.20. The number of hydrogen-bond acceptors (Lipinski definition) is 2. The molecule has 2 nitrogen and oxygen atoms in total. The Balaban J connectivity index is 2.37. The standard InChI is InChI=1S/C13H14F3NO/c1-7-8(2)17(4-3-13(7)18)12-6-10(15)9(14)5-11(12)16/h5-8H,3-4H2,1-2H3. The fourth-order valence-corrected chi connectivity index (χ4v) is 2.27. The van der Waals surface area contributed by atoms with Crippen LogP contribution in [0.2, 0.25) is 0 Å². The zero-order valence-electron chi connectivity index (χ0n) is 10.2. The highest BCUT2D eigenvalue weighted by atomic mass is 19.2. The molecule has 0 saturated carbocycles. The zero-order valence-corrected chi connectivity index (χ0v) is 10.2. The topological polar surface area (TPSA) is 20.3 Å². The highest BCUT2D eigenvalue weighted by molar-refractivity contribution is 5.84. The third-order valence-electron chi connectivity index (χ3n) is 3.62. The number of hydrogen-bond donors (Lipinski definition) is 0. The summed E-state index contributed by atoms with van der Waals surface area (Å²) in [6, 6.07) is 1.16. The Kier molecular flexibility index (Phi) is 3.32. The average Bonchev–Trinajstić information content (AvgIpc) is 2.32. The predicted molar refractivity (Wildman–Crippen MR) is 61.9 cm³/mol. The Labute approximate surface area is 103 Å². The molecule has 1 saturated heterocycles. The van der Waals surface area contributed by atoms with Gasteiger partial charge in [0.05, 0.1) is 5.69 Å². The van der Waals surface area contributed by atoms with Crippen LogP contribution in [-0.4, -0.2) is 18.4 Å². The second kappa shape index (κ2) is 4.63. The Morgan fingerprint density at radius 1 is 1.11 bits per heavy atom. The van der Waals surface area contributed by atoms with Gasteiger partial charge >= 0.3 is 0 Å². The van der Waals surface area contributed by atoms with E-state index in [4.69, 9.17) is 0 Å². The van der Waals surface area contributed by atoms with Crippen LogP contribution in [0.25, 0.3) is 0 Å². The Morgan fingerprint density at radius 3 is 2.39 bits per heavy atom. The fourth-order valence-electron chi connectivity index (χ4n) is 2.27. The van der Waals surface area contributed by atoms with Gasteiger partial charge in [0, 0.05) is 37.1 Å². The van der Waals surface area contributed by atoms with Crippen LogP contribution < -0.4 is 4.90 Å². The molecule has 1 aliphatic heterocycles. The summed E-state index contributed by atoms with van der Waals surface area (Å²) < 4.78 is 39.7. The van der Waals surface area contributed by atoms with Crippen molar-refractivity contribution in [3.63, 3.8) is 0 Å². The lowest BCUT2D eigenvalue weighted by atomic mass is 9.90. The summed E-state index contributed by atoms with van der Waals surface area (Å²) in [5.41, 5.74) is 0.0146. The van der Waals surface area contributed by atoms with E-state index in [1.54, 1.807) is 18.7 Å². The highest BCUT2D eigenvalue weighted by Gasteiger charge is 2.32. The second-order valence-electron chi connectivity index (χ2n) is 4.66. The number of anilines is 1. The monoisotopic (exact) mass is 257 g/mol. The molecule has 0 amide bonds. The van der Waals surface area contributed by atoms with Gasteiger partial charge in [-0.25, -0.2) is 13.2 Å². The summed E-state index contributed by atoms with van der Waals surface area (Å²) in [6.45, 7) is 3.87. The summed E-state index contributed by atoms with van der Waals surface area (Å²) in [5, 5.41) is 0. The van der Waals surface area contributed by atoms with Crippen molar-refractivity contribution in [3.8, 4) is 0 Å². The van der Waals surface area contributed by atoms with Crippen molar-refractivity contribution in [2.75, 3.05) is 11.4 Å². The van der Waals surface area contributed by atoms with E-state index in [1.165, 1.54) is 0 Å². The number of benzene rings is 1. The molecular formula is C13H14F3NO. The molecule has 2 rings (SSSR count). The summed E-state index contributed by atoms with van der Waals surface area (Å²) in [5.74, 6) is -3.22. The molecule has 18 heavy (non-hydrogen) atoms. The van der Waals surface area contributed by atoms with Crippen LogP contribution in [0, 0.1) is 23.4 Å². The van der Waals surface area contributed by atoms with Crippen molar-refractivity contribution in [1.29, 1.82) is 0 Å². The van der Waals surface area contributed by atoms with Crippen LogP contribution in [0.4, 0.5) is 18.9 Å². The maximum absolute atomic E-state index is 13.7. The first-order valence-corrected chi connectivity index (χ1v) is 5.85. The summed E-state index contributed by atoms with van der Waals surface area (Å²) in [7, 11) is 0. The number of Topliss-reactive ketones (excluding diaryl/α,β-unsaturated/α-hetero) is 1. The third kappa shape index (κ3) is 2.09. The second-order valence-corrected chi connectivity index (χ2v) is 4.66. The number of nitrogens with zero attached hydrogens (tertiary/aromatic N) is 1. The van der Waals surface area contributed by atoms with Crippen LogP contribution >= 0.6 is 0 Å². The fraction of sp³-hybridized carbons (Fsp3) is 0.462. The van der Waals surface area contributed by atoms with Gasteiger partial charge < -0.3 is 4.90 Å². The molecule has 1 aromatic rings. The van der Waals surface area contributed by atoms with Gasteiger partial charge in [-0.3, -0.25) is 4.79 Å². The summed E-state index contributed by atoms with van der Waals surface area (Å²) >= 11 is 0. The number of rotatable bonds is 1. The lowest BCUT2D eigenvalue weighted by molar-refractivity contribution is -0.123. The van der Waals surface area contributed by atoms with Gasteiger partial charge in [-0.1, -0.05) is 6.92 Å². The van der Waals surface area contributed by atoms with Gasteiger partial charge in [-0.2, -0.15) is 0 Å². The molecule has 1 fully saturated rings. The molecule has 2 unspecified atom stereocenters. The molecule has 1 aliphatic rings. The lowest BCUT2D eigenvalue weighted by Crippen LogP contribution is -2.47. The van der Waals surface area contributed by atoms with E-state index in [9.17, 15) is 18.0 Å². The Morgan fingerprint density at radius 2 is 1.72 bits per heavy atom. The van der Waals surface area contributed by atoms with Crippen molar-refractivity contribution in [1.82, 2.24) is 0 Å². The minimum Gasteiger partial charge on any atom is -0.365 e. The molecule has 5 heteroatoms. The maximum atomic E-state index is 13.7. The van der Waals surface area contributed by atoms with Crippen LogP contribution in [0.3, 0.4) is 0 Å². The molecule has 0 aliphatic carbocycles. The Bertz CT molecular complexity index is 489. The van der Waals surface area contributed by atoms with Crippen LogP contribution in [0.15, 0.2) is 12.1 Å². The lowest BCUT2D eigenvalue weighted by Gasteiger charge is -2.38. The van der Waals surface area contributed by atoms with Crippen molar-refractivity contribution >= 4 is 11.5 Å². The molecule has 0 bridgehead atoms. The zero-order chi connectivity index (χ0) is 13.4. The van der Waals surface area contributed by atoms with Gasteiger partial charge in [-0.05, 0) is 6.92 Å². The Hall–Kier alpha value is -1.52. The number of piperidine rings is 1. The van der Waals surface area contributed by atoms with Gasteiger partial charge in [0.1, 0.15) is 11.6 Å². The number of halogens is 3. The molecule has 2 atom stereocenters. The van der Waals surface area contributed by atoms with Crippen LogP contribution in [0.5, 0.6) is 0 Å². The first-order chi connectivity index (χ1) is 8.41. The summed E-state index contributed by atoms with van der Waals surface area (Å²) in [4.78, 5) is 13.1. The molecule has 0 N–H and O–H groups in total. The van der Waals surface area contributed by atoms with Gasteiger partial charge in [0.25, 0.3) is 0 Å². The maximum Gasteiger partial charge on any atom is 0.161 e. The smallest absolute Gasteiger partial charge is 0.161 e. The first kappa shape index (κ1) is 12.9. The first-order valence-electron chi connectivity index (χ1n) is 5.85. The van der Waals surface area contributed by atoms with Crippen LogP contribution in [-0.2, 0) is 4.79 Å². The van der Waals surface area contributed by atoms with E-state index in [0.717, 1.165) is 6.07 Å². The summed E-state index contributed by atoms with van der Waals surface area (Å²) in [6.07, 6.45) is 0.296. The minimum absolute atomic E-state index is 0.0146. The van der Waals surface area contributed by atoms with Crippen LogP contribution in [0.1, 0.15) is 20.3 Å². The average molecular weight is 257 g/mol. The van der Waals surface area contributed by atoms with E-state index in [2.05, 4.69) is 0 Å². The van der Waals surface area contributed by atoms with E-state index in [-0.39, 0.29) is 23.4 Å². The molecule has 1 heterocycles. The van der Waals surface area contributed by atoms with E-state index in [1.807, 2.05) is 0 Å². The third-order valence-corrected chi connectivity index (χ3v) is 3.62. The van der Waals surface area contributed by atoms with Gasteiger partial charge in [0.15, 0.2) is 11.6 Å². The quantitative estimate of drug-likeness (QED) is 0.721. The van der Waals surface area contributed by atoms with E-state index >= 15 is 0 Å². The van der Waals surface area contributed by atoms with Crippen molar-refractivity contribution in [3.05, 3.63) is 29.6 Å². The highest BCUT2D eigenvalue weighted by Crippen LogP contribution is 2.30. The molecule has 0 spiro atoms. The van der Waals surface area contributed by atoms with Crippen molar-refractivity contribution in [2.24, 2.45) is 5.92 Å². The molecular weight excluding hydrogens is 243 g/mol. The van der Waals surface area contributed by atoms with E-state index < -0.39 is 17.5 Å². The number of ketones is 1. The largest absolute Gasteiger partial charge is 0.365 e. The molecule has 1 aromatic carbocycles. The molecule has 0 radical (unpaired) electrons. The molecule has 98 valence electrons. The van der Waals surface area contributed by atoms with Gasteiger partial charge in [0.2, 0.25) is 0 Å². The SMILES string of the molecule is CC1C(=O)CCN(c2cc(F)c(F)cc2F)C1C. The van der Waals surface area contributed by atoms with Crippen molar-refractivity contribution < 1.29 is 18.0 Å². The normalized spacial score (nSPS) is 24.5. The van der Waals surface area contributed by atoms with E-state index in [0.29, 0.717) is 19.0 Å². The number of carbonyl (C=O) groups excluding carboxylic acids is 1. The number of carbonyl (C=O) groups is 1.